The maximum atomic E-state index is 12.3. The van der Waals surface area contributed by atoms with Gasteiger partial charge in [-0.1, -0.05) is 12.1 Å². The molecule has 1 fully saturated rings. The van der Waals surface area contributed by atoms with Gasteiger partial charge in [-0.05, 0) is 42.0 Å². The van der Waals surface area contributed by atoms with E-state index >= 15 is 0 Å². The number of morpholine rings is 1. The number of aromatic nitrogens is 1. The van der Waals surface area contributed by atoms with Gasteiger partial charge in [0.15, 0.2) is 0 Å². The number of rotatable bonds is 7. The number of anilines is 1. The molecule has 2 aromatic carbocycles. The summed E-state index contributed by atoms with van der Waals surface area (Å²) in [6, 6.07) is 15.5. The van der Waals surface area contributed by atoms with Crippen molar-refractivity contribution in [1.82, 2.24) is 14.8 Å². The van der Waals surface area contributed by atoms with Crippen LogP contribution >= 0.6 is 0 Å². The Labute approximate surface area is 176 Å². The Kier molecular flexibility index (Phi) is 6.51. The molecule has 0 aliphatic carbocycles. The van der Waals surface area contributed by atoms with Crippen molar-refractivity contribution in [3.05, 3.63) is 60.3 Å². The van der Waals surface area contributed by atoms with Gasteiger partial charge in [0, 0.05) is 55.5 Å². The lowest BCUT2D eigenvalue weighted by Crippen LogP contribution is -2.38. The predicted octanol–water partition coefficient (Wildman–Crippen LogP) is 3.30. The van der Waals surface area contributed by atoms with Crippen LogP contribution in [0.15, 0.2) is 54.7 Å². The lowest BCUT2D eigenvalue weighted by molar-refractivity contribution is 0.0365. The highest BCUT2D eigenvalue weighted by atomic mass is 16.5. The molecular formula is C23H28N4O3. The monoisotopic (exact) mass is 408 g/mol. The van der Waals surface area contributed by atoms with Crippen LogP contribution in [-0.2, 0) is 17.8 Å². The smallest absolute Gasteiger partial charge is 0.319 e. The van der Waals surface area contributed by atoms with Gasteiger partial charge < -0.3 is 24.7 Å². The van der Waals surface area contributed by atoms with Crippen LogP contribution in [0.25, 0.3) is 10.9 Å². The predicted molar refractivity (Wildman–Crippen MR) is 118 cm³/mol. The number of carbonyl (C=O) groups excluding carboxylic acids is 1. The lowest BCUT2D eigenvalue weighted by Gasteiger charge is -2.26. The fourth-order valence-corrected chi connectivity index (χ4v) is 3.69. The Bertz CT molecular complexity index is 995. The Balaban J connectivity index is 1.32. The van der Waals surface area contributed by atoms with E-state index in [1.54, 1.807) is 7.11 Å². The molecule has 2 amide bonds. The van der Waals surface area contributed by atoms with E-state index in [2.05, 4.69) is 38.4 Å². The highest BCUT2D eigenvalue weighted by Gasteiger charge is 2.11. The third kappa shape index (κ3) is 5.11. The summed E-state index contributed by atoms with van der Waals surface area (Å²) in [5.74, 6) is 0.776. The highest BCUT2D eigenvalue weighted by molar-refractivity contribution is 5.92. The summed E-state index contributed by atoms with van der Waals surface area (Å²) in [4.78, 5) is 14.7. The molecular weight excluding hydrogens is 380 g/mol. The molecule has 0 radical (unpaired) electrons. The Morgan fingerprint density at radius 2 is 1.97 bits per heavy atom. The standard InChI is InChI=1S/C23H28N4O3/c1-29-21-4-2-3-18(15-21)17-24-23(28)25-20-5-6-22-19(16-20)7-8-27(22)10-9-26-11-13-30-14-12-26/h2-8,15-16H,9-14,17H2,1H3,(H2,24,25,28). The number of hydrogen-bond acceptors (Lipinski definition) is 4. The minimum Gasteiger partial charge on any atom is -0.497 e. The summed E-state index contributed by atoms with van der Waals surface area (Å²) in [5.41, 5.74) is 2.93. The fraction of sp³-hybridized carbons (Fsp3) is 0.348. The fourth-order valence-electron chi connectivity index (χ4n) is 3.69. The molecule has 1 aliphatic rings. The first-order valence-electron chi connectivity index (χ1n) is 10.3. The minimum atomic E-state index is -0.232. The maximum absolute atomic E-state index is 12.3. The summed E-state index contributed by atoms with van der Waals surface area (Å²) in [5, 5.41) is 6.91. The zero-order valence-corrected chi connectivity index (χ0v) is 17.3. The molecule has 158 valence electrons. The van der Waals surface area contributed by atoms with Crippen LogP contribution in [0, 0.1) is 0 Å². The van der Waals surface area contributed by atoms with Crippen LogP contribution in [0.4, 0.5) is 10.5 Å². The van der Waals surface area contributed by atoms with Gasteiger partial charge in [0.1, 0.15) is 5.75 Å². The molecule has 3 aromatic rings. The molecule has 1 aromatic heterocycles. The number of ether oxygens (including phenoxy) is 2. The number of amides is 2. The number of hydrogen-bond donors (Lipinski definition) is 2. The molecule has 0 bridgehead atoms. The second-order valence-electron chi connectivity index (χ2n) is 7.40. The first-order valence-corrected chi connectivity index (χ1v) is 10.3. The molecule has 30 heavy (non-hydrogen) atoms. The van der Waals surface area contributed by atoms with Crippen molar-refractivity contribution in [1.29, 1.82) is 0 Å². The van der Waals surface area contributed by atoms with Crippen molar-refractivity contribution >= 4 is 22.6 Å². The van der Waals surface area contributed by atoms with Crippen LogP contribution < -0.4 is 15.4 Å². The van der Waals surface area contributed by atoms with Crippen molar-refractivity contribution in [3.63, 3.8) is 0 Å². The highest BCUT2D eigenvalue weighted by Crippen LogP contribution is 2.21. The van der Waals surface area contributed by atoms with Crippen molar-refractivity contribution in [2.24, 2.45) is 0 Å². The molecule has 0 atom stereocenters. The molecule has 4 rings (SSSR count). The van der Waals surface area contributed by atoms with E-state index in [1.807, 2.05) is 36.4 Å². The zero-order valence-electron chi connectivity index (χ0n) is 17.3. The minimum absolute atomic E-state index is 0.232. The molecule has 1 aliphatic heterocycles. The van der Waals surface area contributed by atoms with Crippen LogP contribution in [-0.4, -0.2) is 55.5 Å². The van der Waals surface area contributed by atoms with Crippen LogP contribution in [0.2, 0.25) is 0 Å². The normalized spacial score (nSPS) is 14.6. The second-order valence-corrected chi connectivity index (χ2v) is 7.40. The average Bonchev–Trinajstić information content (AvgIpc) is 3.19. The van der Waals surface area contributed by atoms with Crippen molar-refractivity contribution in [2.75, 3.05) is 45.3 Å². The van der Waals surface area contributed by atoms with Crippen molar-refractivity contribution in [3.8, 4) is 5.75 Å². The molecule has 1 saturated heterocycles. The van der Waals surface area contributed by atoms with E-state index in [4.69, 9.17) is 9.47 Å². The average molecular weight is 409 g/mol. The second kappa shape index (κ2) is 9.65. The number of urea groups is 1. The zero-order chi connectivity index (χ0) is 20.8. The van der Waals surface area contributed by atoms with Crippen LogP contribution in [0.5, 0.6) is 5.75 Å². The Morgan fingerprint density at radius 3 is 2.80 bits per heavy atom. The number of nitrogens with one attached hydrogen (secondary N) is 2. The topological polar surface area (TPSA) is 67.8 Å². The summed E-state index contributed by atoms with van der Waals surface area (Å²) in [7, 11) is 1.63. The molecule has 7 heteroatoms. The van der Waals surface area contributed by atoms with Gasteiger partial charge in [-0.2, -0.15) is 0 Å². The number of carbonyl (C=O) groups is 1. The molecule has 0 spiro atoms. The van der Waals surface area contributed by atoms with Gasteiger partial charge in [-0.15, -0.1) is 0 Å². The Morgan fingerprint density at radius 1 is 1.10 bits per heavy atom. The number of benzene rings is 2. The van der Waals surface area contributed by atoms with Crippen molar-refractivity contribution < 1.29 is 14.3 Å². The van der Waals surface area contributed by atoms with E-state index in [1.165, 1.54) is 5.52 Å². The van der Waals surface area contributed by atoms with Gasteiger partial charge in [0.05, 0.1) is 20.3 Å². The summed E-state index contributed by atoms with van der Waals surface area (Å²) in [6.45, 7) is 6.03. The van der Waals surface area contributed by atoms with Crippen molar-refractivity contribution in [2.45, 2.75) is 13.1 Å². The number of fused-ring (bicyclic) bond motifs is 1. The van der Waals surface area contributed by atoms with Gasteiger partial charge in [0.25, 0.3) is 0 Å². The summed E-state index contributed by atoms with van der Waals surface area (Å²) >= 11 is 0. The van der Waals surface area contributed by atoms with Gasteiger partial charge >= 0.3 is 6.03 Å². The Hall–Kier alpha value is -3.03. The van der Waals surface area contributed by atoms with Gasteiger partial charge in [0.2, 0.25) is 0 Å². The third-order valence-electron chi connectivity index (χ3n) is 5.38. The maximum Gasteiger partial charge on any atom is 0.319 e. The molecule has 0 saturated carbocycles. The molecule has 2 heterocycles. The first-order chi connectivity index (χ1) is 14.7. The van der Waals surface area contributed by atoms with Crippen LogP contribution in [0.3, 0.4) is 0 Å². The SMILES string of the molecule is COc1cccc(CNC(=O)Nc2ccc3c(ccn3CCN3CCOCC3)c2)c1. The lowest BCUT2D eigenvalue weighted by atomic mass is 10.2. The largest absolute Gasteiger partial charge is 0.497 e. The van der Waals surface area contributed by atoms with Gasteiger partial charge in [-0.25, -0.2) is 4.79 Å². The quantitative estimate of drug-likeness (QED) is 0.630. The molecule has 2 N–H and O–H groups in total. The summed E-state index contributed by atoms with van der Waals surface area (Å²) < 4.78 is 12.9. The third-order valence-corrected chi connectivity index (χ3v) is 5.38. The summed E-state index contributed by atoms with van der Waals surface area (Å²) in [6.07, 6.45) is 2.11. The van der Waals surface area contributed by atoms with E-state index in [9.17, 15) is 4.79 Å². The van der Waals surface area contributed by atoms with Crippen LogP contribution in [0.1, 0.15) is 5.56 Å². The number of nitrogens with zero attached hydrogens (tertiary/aromatic N) is 2. The number of methoxy groups -OCH3 is 1. The molecule has 7 nitrogen and oxygen atoms in total. The van der Waals surface area contributed by atoms with E-state index < -0.39 is 0 Å². The molecule has 0 unspecified atom stereocenters. The van der Waals surface area contributed by atoms with E-state index in [0.717, 1.165) is 61.8 Å². The van der Waals surface area contributed by atoms with Gasteiger partial charge in [-0.3, -0.25) is 4.90 Å². The first kappa shape index (κ1) is 20.3. The van der Waals surface area contributed by atoms with E-state index in [-0.39, 0.29) is 6.03 Å². The van der Waals surface area contributed by atoms with E-state index in [0.29, 0.717) is 6.54 Å².